The van der Waals surface area contributed by atoms with Crippen LogP contribution in [-0.4, -0.2) is 4.98 Å². The molecular formula is C14H13N3. The third-order valence-electron chi connectivity index (χ3n) is 3.16. The van der Waals surface area contributed by atoms with E-state index in [2.05, 4.69) is 11.1 Å². The van der Waals surface area contributed by atoms with E-state index < -0.39 is 0 Å². The third-order valence-corrected chi connectivity index (χ3v) is 3.16. The number of pyridine rings is 1. The van der Waals surface area contributed by atoms with Crippen LogP contribution in [0, 0.1) is 6.92 Å². The van der Waals surface area contributed by atoms with E-state index in [0.29, 0.717) is 11.4 Å². The molecule has 3 heteroatoms. The largest absolute Gasteiger partial charge is 0.397 e. The Hall–Kier alpha value is -2.29. The molecule has 0 amide bonds. The van der Waals surface area contributed by atoms with Crippen LogP contribution in [0.25, 0.3) is 21.8 Å². The first-order chi connectivity index (χ1) is 8.16. The molecule has 0 atom stereocenters. The molecule has 1 heterocycles. The Morgan fingerprint density at radius 2 is 1.76 bits per heavy atom. The monoisotopic (exact) mass is 223 g/mol. The molecule has 0 radical (unpaired) electrons. The van der Waals surface area contributed by atoms with Crippen LogP contribution in [0.2, 0.25) is 0 Å². The number of anilines is 2. The molecule has 0 aliphatic heterocycles. The van der Waals surface area contributed by atoms with E-state index >= 15 is 0 Å². The fourth-order valence-corrected chi connectivity index (χ4v) is 2.13. The minimum absolute atomic E-state index is 0.595. The molecule has 3 rings (SSSR count). The average Bonchev–Trinajstić information content (AvgIpc) is 2.34. The second-order valence-electron chi connectivity index (χ2n) is 4.25. The Labute approximate surface area is 99.1 Å². The van der Waals surface area contributed by atoms with E-state index in [-0.39, 0.29) is 0 Å². The predicted octanol–water partition coefficient (Wildman–Crippen LogP) is 2.86. The minimum atomic E-state index is 0.595. The van der Waals surface area contributed by atoms with Crippen LogP contribution in [-0.2, 0) is 0 Å². The minimum Gasteiger partial charge on any atom is -0.397 e. The summed E-state index contributed by atoms with van der Waals surface area (Å²) in [4.78, 5) is 4.60. The van der Waals surface area contributed by atoms with Crippen LogP contribution in [0.4, 0.5) is 11.4 Å². The number of nitrogens with two attached hydrogens (primary N) is 2. The van der Waals surface area contributed by atoms with Crippen molar-refractivity contribution >= 4 is 33.2 Å². The summed E-state index contributed by atoms with van der Waals surface area (Å²) in [6.07, 6.45) is 0. The first kappa shape index (κ1) is 9.90. The highest BCUT2D eigenvalue weighted by Gasteiger charge is 2.07. The van der Waals surface area contributed by atoms with E-state index in [1.165, 1.54) is 0 Å². The fraction of sp³-hybridized carbons (Fsp3) is 0.0714. The molecule has 0 unspecified atom stereocenters. The Morgan fingerprint density at radius 3 is 2.59 bits per heavy atom. The zero-order chi connectivity index (χ0) is 12.0. The summed E-state index contributed by atoms with van der Waals surface area (Å²) in [7, 11) is 0. The maximum Gasteiger partial charge on any atom is 0.0734 e. The lowest BCUT2D eigenvalue weighted by molar-refractivity contribution is 1.46. The molecule has 1 aromatic heterocycles. The van der Waals surface area contributed by atoms with Gasteiger partial charge >= 0.3 is 0 Å². The molecule has 0 saturated heterocycles. The predicted molar refractivity (Wildman–Crippen MR) is 72.8 cm³/mol. The molecule has 0 aliphatic carbocycles. The molecule has 0 fully saturated rings. The van der Waals surface area contributed by atoms with Crippen LogP contribution in [0.3, 0.4) is 0 Å². The van der Waals surface area contributed by atoms with Gasteiger partial charge in [0.1, 0.15) is 0 Å². The molecule has 4 N–H and O–H groups in total. The van der Waals surface area contributed by atoms with E-state index in [4.69, 9.17) is 11.5 Å². The summed E-state index contributed by atoms with van der Waals surface area (Å²) in [5.74, 6) is 0. The van der Waals surface area contributed by atoms with Gasteiger partial charge in [-0.15, -0.1) is 0 Å². The second kappa shape index (κ2) is 3.35. The number of aromatic nitrogens is 1. The molecule has 17 heavy (non-hydrogen) atoms. The highest BCUT2D eigenvalue weighted by atomic mass is 14.7. The first-order valence-corrected chi connectivity index (χ1v) is 5.51. The van der Waals surface area contributed by atoms with Crippen molar-refractivity contribution in [2.75, 3.05) is 11.5 Å². The van der Waals surface area contributed by atoms with Crippen molar-refractivity contribution in [3.63, 3.8) is 0 Å². The van der Waals surface area contributed by atoms with Crippen LogP contribution < -0.4 is 11.5 Å². The Kier molecular flexibility index (Phi) is 1.95. The number of rotatable bonds is 0. The van der Waals surface area contributed by atoms with Crippen molar-refractivity contribution in [3.05, 3.63) is 42.0 Å². The van der Waals surface area contributed by atoms with Gasteiger partial charge in [-0.3, -0.25) is 0 Å². The summed E-state index contributed by atoms with van der Waals surface area (Å²) in [6.45, 7) is 1.98. The van der Waals surface area contributed by atoms with Crippen molar-refractivity contribution in [3.8, 4) is 0 Å². The molecule has 2 aromatic carbocycles. The molecule has 84 valence electrons. The Morgan fingerprint density at radius 1 is 1.00 bits per heavy atom. The van der Waals surface area contributed by atoms with Gasteiger partial charge in [0, 0.05) is 10.8 Å². The molecular weight excluding hydrogens is 210 g/mol. The topological polar surface area (TPSA) is 64.9 Å². The van der Waals surface area contributed by atoms with Gasteiger partial charge in [0.25, 0.3) is 0 Å². The number of nitrogens with zero attached hydrogens (tertiary/aromatic N) is 1. The van der Waals surface area contributed by atoms with Crippen molar-refractivity contribution < 1.29 is 0 Å². The quantitative estimate of drug-likeness (QED) is 0.455. The molecule has 0 bridgehead atoms. The van der Waals surface area contributed by atoms with Crippen LogP contribution in [0.5, 0.6) is 0 Å². The number of nitrogen functional groups attached to an aromatic ring is 2. The van der Waals surface area contributed by atoms with E-state index in [1.54, 1.807) is 0 Å². The number of hydrogen-bond acceptors (Lipinski definition) is 3. The summed E-state index contributed by atoms with van der Waals surface area (Å²) in [5, 5.41) is 2.18. The summed E-state index contributed by atoms with van der Waals surface area (Å²) >= 11 is 0. The lowest BCUT2D eigenvalue weighted by Gasteiger charge is -2.09. The van der Waals surface area contributed by atoms with Crippen LogP contribution >= 0.6 is 0 Å². The molecule has 3 aromatic rings. The highest BCUT2D eigenvalue weighted by molar-refractivity contribution is 5.99. The summed E-state index contributed by atoms with van der Waals surface area (Å²) < 4.78 is 0. The van der Waals surface area contributed by atoms with Crippen molar-refractivity contribution in [1.82, 2.24) is 4.98 Å². The third kappa shape index (κ3) is 1.40. The molecule has 0 saturated carbocycles. The molecule has 3 nitrogen and oxygen atoms in total. The molecule has 0 aliphatic rings. The van der Waals surface area contributed by atoms with Crippen LogP contribution in [0.1, 0.15) is 5.56 Å². The van der Waals surface area contributed by atoms with Gasteiger partial charge in [-0.05, 0) is 30.7 Å². The number of hydrogen-bond donors (Lipinski definition) is 2. The molecule has 0 spiro atoms. The normalized spacial score (nSPS) is 11.1. The highest BCUT2D eigenvalue weighted by Crippen LogP contribution is 2.30. The van der Waals surface area contributed by atoms with Gasteiger partial charge in [-0.25, -0.2) is 4.98 Å². The number of fused-ring (bicyclic) bond motifs is 2. The number of para-hydroxylation sites is 1. The van der Waals surface area contributed by atoms with Gasteiger partial charge in [0.15, 0.2) is 0 Å². The smallest absolute Gasteiger partial charge is 0.0734 e. The average molecular weight is 223 g/mol. The standard InChI is InChI=1S/C14H13N3/c1-8-10-6-9-4-2-3-5-12(9)17-13(10)7-11(15)14(8)16/h2-7H,15-16H2,1H3. The summed E-state index contributed by atoms with van der Waals surface area (Å²) in [6, 6.07) is 12.0. The van der Waals surface area contributed by atoms with Gasteiger partial charge in [0.05, 0.1) is 22.4 Å². The maximum absolute atomic E-state index is 5.94. The van der Waals surface area contributed by atoms with Crippen molar-refractivity contribution in [2.45, 2.75) is 6.92 Å². The van der Waals surface area contributed by atoms with Crippen LogP contribution in [0.15, 0.2) is 36.4 Å². The number of benzene rings is 2. The fourth-order valence-electron chi connectivity index (χ4n) is 2.13. The van der Waals surface area contributed by atoms with Gasteiger partial charge in [0.2, 0.25) is 0 Å². The second-order valence-corrected chi connectivity index (χ2v) is 4.25. The SMILES string of the molecule is Cc1c(N)c(N)cc2nc3ccccc3cc12. The Bertz CT molecular complexity index is 732. The first-order valence-electron chi connectivity index (χ1n) is 5.51. The summed E-state index contributed by atoms with van der Waals surface area (Å²) in [5.41, 5.74) is 15.9. The van der Waals surface area contributed by atoms with Crippen molar-refractivity contribution in [1.29, 1.82) is 0 Å². The number of aryl methyl sites for hydroxylation is 1. The van der Waals surface area contributed by atoms with E-state index in [0.717, 1.165) is 27.4 Å². The van der Waals surface area contributed by atoms with Crippen molar-refractivity contribution in [2.24, 2.45) is 0 Å². The zero-order valence-corrected chi connectivity index (χ0v) is 9.57. The van der Waals surface area contributed by atoms with Gasteiger partial charge in [-0.2, -0.15) is 0 Å². The maximum atomic E-state index is 5.94. The lowest BCUT2D eigenvalue weighted by Crippen LogP contribution is -1.99. The van der Waals surface area contributed by atoms with Gasteiger partial charge in [-0.1, -0.05) is 18.2 Å². The lowest BCUT2D eigenvalue weighted by atomic mass is 10.0. The van der Waals surface area contributed by atoms with Gasteiger partial charge < -0.3 is 11.5 Å². The Balaban J connectivity index is 2.52. The van der Waals surface area contributed by atoms with E-state index in [1.807, 2.05) is 37.3 Å². The van der Waals surface area contributed by atoms with E-state index in [9.17, 15) is 0 Å². The zero-order valence-electron chi connectivity index (χ0n) is 9.57.